The summed E-state index contributed by atoms with van der Waals surface area (Å²) < 4.78 is 6.61. The van der Waals surface area contributed by atoms with E-state index < -0.39 is 0 Å². The fourth-order valence-electron chi connectivity index (χ4n) is 6.01. The highest BCUT2D eigenvalue weighted by Gasteiger charge is 2.24. The number of aryl methyl sites for hydroxylation is 1. The molecule has 1 saturated carbocycles. The van der Waals surface area contributed by atoms with E-state index in [1.54, 1.807) is 16.7 Å². The third-order valence-corrected chi connectivity index (χ3v) is 8.83. The summed E-state index contributed by atoms with van der Waals surface area (Å²) in [6.45, 7) is 7.22. The van der Waals surface area contributed by atoms with Gasteiger partial charge >= 0.3 is 5.97 Å². The van der Waals surface area contributed by atoms with Crippen LogP contribution in [-0.2, 0) is 17.8 Å². The molecular formula is C36H40N4O4. The minimum atomic E-state index is -0.384. The number of likely N-dealkylation sites (N-methyl/N-ethyl adjacent to an activating group) is 1. The number of esters is 1. The lowest BCUT2D eigenvalue weighted by atomic mass is 9.94. The second kappa shape index (κ2) is 12.8. The summed E-state index contributed by atoms with van der Waals surface area (Å²) in [7, 11) is 3.53. The predicted octanol–water partition coefficient (Wildman–Crippen LogP) is 4.84. The first-order chi connectivity index (χ1) is 21.3. The largest absolute Gasteiger partial charge is 0.465 e. The average molecular weight is 593 g/mol. The van der Waals surface area contributed by atoms with Crippen molar-refractivity contribution in [1.29, 1.82) is 0 Å². The predicted molar refractivity (Wildman–Crippen MR) is 173 cm³/mol. The van der Waals surface area contributed by atoms with Crippen molar-refractivity contribution in [2.24, 2.45) is 0 Å². The zero-order valence-corrected chi connectivity index (χ0v) is 25.8. The van der Waals surface area contributed by atoms with Crippen LogP contribution in [0.15, 0.2) is 71.7 Å². The first-order valence-corrected chi connectivity index (χ1v) is 15.4. The number of nitrogens with one attached hydrogen (secondary N) is 1. The van der Waals surface area contributed by atoms with Crippen molar-refractivity contribution >= 4 is 22.6 Å². The molecule has 0 atom stereocenters. The van der Waals surface area contributed by atoms with Crippen molar-refractivity contribution in [3.05, 3.63) is 105 Å². The van der Waals surface area contributed by atoms with E-state index in [0.29, 0.717) is 29.1 Å². The number of amides is 1. The Balaban J connectivity index is 1.39. The van der Waals surface area contributed by atoms with E-state index in [0.717, 1.165) is 85.2 Å². The van der Waals surface area contributed by atoms with E-state index in [1.807, 2.05) is 48.7 Å². The maximum absolute atomic E-state index is 13.9. The fourth-order valence-corrected chi connectivity index (χ4v) is 6.01. The highest BCUT2D eigenvalue weighted by atomic mass is 16.5. The van der Waals surface area contributed by atoms with Gasteiger partial charge in [-0.15, -0.1) is 0 Å². The molecule has 44 heavy (non-hydrogen) atoms. The van der Waals surface area contributed by atoms with Gasteiger partial charge in [-0.1, -0.05) is 24.3 Å². The minimum absolute atomic E-state index is 0.0381. The van der Waals surface area contributed by atoms with Crippen molar-refractivity contribution in [2.45, 2.75) is 45.3 Å². The summed E-state index contributed by atoms with van der Waals surface area (Å²) in [5, 5.41) is 4.70. The Hall–Kier alpha value is -4.27. The van der Waals surface area contributed by atoms with E-state index in [9.17, 15) is 14.4 Å². The Bertz CT molecular complexity index is 1760. The van der Waals surface area contributed by atoms with Gasteiger partial charge in [0.2, 0.25) is 0 Å². The smallest absolute Gasteiger partial charge is 0.337 e. The van der Waals surface area contributed by atoms with Crippen molar-refractivity contribution < 1.29 is 14.3 Å². The summed E-state index contributed by atoms with van der Waals surface area (Å²) >= 11 is 0. The highest BCUT2D eigenvalue weighted by Crippen LogP contribution is 2.30. The van der Waals surface area contributed by atoms with Gasteiger partial charge in [0.15, 0.2) is 0 Å². The molecular weight excluding hydrogens is 552 g/mol. The number of carbonyl (C=O) groups excluding carboxylic acids is 2. The number of hydrogen-bond donors (Lipinski definition) is 1. The van der Waals surface area contributed by atoms with E-state index in [1.165, 1.54) is 7.11 Å². The van der Waals surface area contributed by atoms with E-state index >= 15 is 0 Å². The molecule has 1 N–H and O–H groups in total. The summed E-state index contributed by atoms with van der Waals surface area (Å²) in [4.78, 5) is 43.5. The molecule has 1 aliphatic carbocycles. The zero-order chi connectivity index (χ0) is 30.8. The number of aromatic nitrogens is 1. The van der Waals surface area contributed by atoms with Crippen molar-refractivity contribution in [1.82, 2.24) is 19.7 Å². The van der Waals surface area contributed by atoms with Crippen LogP contribution in [0.5, 0.6) is 0 Å². The van der Waals surface area contributed by atoms with Crippen molar-refractivity contribution in [3.8, 4) is 11.1 Å². The van der Waals surface area contributed by atoms with Gasteiger partial charge in [0.1, 0.15) is 0 Å². The van der Waals surface area contributed by atoms with E-state index in [-0.39, 0.29) is 17.4 Å². The van der Waals surface area contributed by atoms with E-state index in [2.05, 4.69) is 35.2 Å². The minimum Gasteiger partial charge on any atom is -0.465 e. The first-order valence-electron chi connectivity index (χ1n) is 15.4. The van der Waals surface area contributed by atoms with E-state index in [4.69, 9.17) is 4.74 Å². The number of fused-ring (bicyclic) bond motifs is 1. The van der Waals surface area contributed by atoms with Crippen LogP contribution in [0.3, 0.4) is 0 Å². The number of ether oxygens (including phenoxy) is 1. The molecule has 228 valence electrons. The topological polar surface area (TPSA) is 83.9 Å². The van der Waals surface area contributed by atoms with Crippen molar-refractivity contribution in [3.63, 3.8) is 0 Å². The van der Waals surface area contributed by atoms with Crippen LogP contribution in [-0.4, -0.2) is 72.6 Å². The third kappa shape index (κ3) is 6.61. The zero-order valence-electron chi connectivity index (χ0n) is 25.8. The van der Waals surface area contributed by atoms with Gasteiger partial charge in [0.05, 0.1) is 19.2 Å². The molecule has 0 radical (unpaired) electrons. The maximum atomic E-state index is 13.9. The van der Waals surface area contributed by atoms with Crippen LogP contribution in [0.25, 0.3) is 21.9 Å². The number of hydrogen-bond acceptors (Lipinski definition) is 6. The van der Waals surface area contributed by atoms with Crippen LogP contribution in [0.2, 0.25) is 0 Å². The van der Waals surface area contributed by atoms with Crippen LogP contribution >= 0.6 is 0 Å². The van der Waals surface area contributed by atoms with Gasteiger partial charge in [-0.05, 0) is 116 Å². The number of methoxy groups -OCH3 is 1. The lowest BCUT2D eigenvalue weighted by Crippen LogP contribution is -2.30. The molecule has 0 bridgehead atoms. The van der Waals surface area contributed by atoms with Crippen LogP contribution in [0.4, 0.5) is 0 Å². The van der Waals surface area contributed by atoms with Gasteiger partial charge in [0.25, 0.3) is 11.5 Å². The third-order valence-electron chi connectivity index (χ3n) is 8.83. The Labute approximate surface area is 258 Å². The maximum Gasteiger partial charge on any atom is 0.337 e. The second-order valence-electron chi connectivity index (χ2n) is 12.2. The molecule has 0 spiro atoms. The molecule has 0 unspecified atom stereocenters. The quantitative estimate of drug-likeness (QED) is 0.295. The number of nitrogens with zero attached hydrogens (tertiary/aromatic N) is 3. The average Bonchev–Trinajstić information content (AvgIpc) is 3.87. The van der Waals surface area contributed by atoms with Crippen LogP contribution in [0, 0.1) is 6.92 Å². The molecule has 2 aliphatic rings. The van der Waals surface area contributed by atoms with Gasteiger partial charge < -0.3 is 19.5 Å². The van der Waals surface area contributed by atoms with Crippen LogP contribution < -0.4 is 10.9 Å². The molecule has 2 heterocycles. The molecule has 6 rings (SSSR count). The highest BCUT2D eigenvalue weighted by molar-refractivity contribution is 5.97. The molecule has 4 aromatic rings. The number of benzene rings is 3. The second-order valence-corrected chi connectivity index (χ2v) is 12.2. The van der Waals surface area contributed by atoms with Gasteiger partial charge in [-0.25, -0.2) is 4.79 Å². The first kappa shape index (κ1) is 29.8. The summed E-state index contributed by atoms with van der Waals surface area (Å²) in [6.07, 6.45) is 5.19. The standard InChI is InChI=1S/C36H40N4O4/c1-24-5-8-28(34(41)37-30-12-13-30)20-32(24)27-11-14-31-33(19-27)29(22-39-16-4-15-38(2)17-18-39)23-40(35(31)42)21-25-6-9-26(10-7-25)36(43)44-3/h5-11,14,19-20,23,30H,4,12-13,15-18,21-22H2,1-3H3,(H,37,41). The summed E-state index contributed by atoms with van der Waals surface area (Å²) in [6, 6.07) is 19.4. The van der Waals surface area contributed by atoms with Crippen molar-refractivity contribution in [2.75, 3.05) is 40.3 Å². The molecule has 2 fully saturated rings. The Morgan fingerprint density at radius 3 is 2.41 bits per heavy atom. The number of pyridine rings is 1. The Morgan fingerprint density at radius 2 is 1.66 bits per heavy atom. The fraction of sp³-hybridized carbons (Fsp3) is 0.361. The monoisotopic (exact) mass is 592 g/mol. The molecule has 1 aliphatic heterocycles. The normalized spacial score (nSPS) is 16.1. The summed E-state index contributed by atoms with van der Waals surface area (Å²) in [5.41, 5.74) is 6.15. The Morgan fingerprint density at radius 1 is 0.886 bits per heavy atom. The SMILES string of the molecule is COC(=O)c1ccc(Cn2cc(CN3CCCN(C)CC3)c3cc(-c4cc(C(=O)NC5CC5)ccc4C)ccc3c2=O)cc1. The molecule has 8 heteroatoms. The number of rotatable bonds is 8. The summed E-state index contributed by atoms with van der Waals surface area (Å²) in [5.74, 6) is -0.422. The molecule has 1 aromatic heterocycles. The molecule has 1 amide bonds. The lowest BCUT2D eigenvalue weighted by molar-refractivity contribution is 0.0600. The molecule has 1 saturated heterocycles. The Kier molecular flexibility index (Phi) is 8.64. The number of carbonyl (C=O) groups is 2. The lowest BCUT2D eigenvalue weighted by Gasteiger charge is -2.22. The molecule has 3 aromatic carbocycles. The van der Waals surface area contributed by atoms with Gasteiger partial charge in [-0.3, -0.25) is 14.5 Å². The molecule has 8 nitrogen and oxygen atoms in total. The van der Waals surface area contributed by atoms with Gasteiger partial charge in [0, 0.05) is 42.8 Å². The van der Waals surface area contributed by atoms with Gasteiger partial charge in [-0.2, -0.15) is 0 Å². The van der Waals surface area contributed by atoms with Crippen LogP contribution in [0.1, 0.15) is 56.7 Å².